The van der Waals surface area contributed by atoms with E-state index >= 15 is 0 Å². The highest BCUT2D eigenvalue weighted by Crippen LogP contribution is 2.24. The molecular formula is C19H18F3N3O4S. The fourth-order valence-electron chi connectivity index (χ4n) is 2.11. The van der Waals surface area contributed by atoms with Gasteiger partial charge in [-0.05, 0) is 42.0 Å². The molecule has 160 valence electrons. The predicted octanol–water partition coefficient (Wildman–Crippen LogP) is 3.42. The number of hydrazone groups is 1. The van der Waals surface area contributed by atoms with Crippen LogP contribution in [-0.4, -0.2) is 43.0 Å². The lowest BCUT2D eigenvalue weighted by atomic mass is 10.2. The van der Waals surface area contributed by atoms with Crippen molar-refractivity contribution in [1.82, 2.24) is 5.43 Å². The second-order valence-corrected chi connectivity index (χ2v) is 6.67. The highest BCUT2D eigenvalue weighted by atomic mass is 32.2. The molecule has 0 spiro atoms. The van der Waals surface area contributed by atoms with Crippen LogP contribution in [0.1, 0.15) is 5.56 Å². The lowest BCUT2D eigenvalue weighted by Gasteiger charge is -2.09. The number of alkyl halides is 3. The minimum atomic E-state index is -4.78. The van der Waals surface area contributed by atoms with E-state index in [1.807, 2.05) is 0 Å². The van der Waals surface area contributed by atoms with Gasteiger partial charge in [-0.25, -0.2) is 5.43 Å². The SMILES string of the molecule is COc1cccc(C=NNC(=O)CSCC(=O)Nc2ccc(OC(F)(F)F)cc2)c1. The number of anilines is 1. The largest absolute Gasteiger partial charge is 0.573 e. The molecule has 2 rings (SSSR count). The first-order chi connectivity index (χ1) is 14.2. The number of thioether (sulfide) groups is 1. The van der Waals surface area contributed by atoms with E-state index in [0.717, 1.165) is 29.5 Å². The Morgan fingerprint density at radius 3 is 2.43 bits per heavy atom. The summed E-state index contributed by atoms with van der Waals surface area (Å²) in [5.41, 5.74) is 3.40. The van der Waals surface area contributed by atoms with Gasteiger partial charge in [-0.1, -0.05) is 12.1 Å². The van der Waals surface area contributed by atoms with Crippen molar-refractivity contribution < 1.29 is 32.2 Å². The van der Waals surface area contributed by atoms with E-state index in [0.29, 0.717) is 11.4 Å². The zero-order valence-corrected chi connectivity index (χ0v) is 16.5. The Balaban J connectivity index is 1.68. The molecule has 2 aromatic carbocycles. The van der Waals surface area contributed by atoms with Crippen molar-refractivity contribution in [1.29, 1.82) is 0 Å². The summed E-state index contributed by atoms with van der Waals surface area (Å²) in [5, 5.41) is 6.34. The molecule has 0 heterocycles. The third-order valence-electron chi connectivity index (χ3n) is 3.33. The van der Waals surface area contributed by atoms with Gasteiger partial charge in [0, 0.05) is 5.69 Å². The Morgan fingerprint density at radius 2 is 1.77 bits per heavy atom. The summed E-state index contributed by atoms with van der Waals surface area (Å²) in [6.45, 7) is 0. The molecule has 0 aliphatic carbocycles. The van der Waals surface area contributed by atoms with Crippen LogP contribution in [0.15, 0.2) is 53.6 Å². The second-order valence-electron chi connectivity index (χ2n) is 5.68. The van der Waals surface area contributed by atoms with Gasteiger partial charge in [-0.2, -0.15) is 5.10 Å². The number of hydrogen-bond acceptors (Lipinski definition) is 6. The minimum absolute atomic E-state index is 0.00122. The van der Waals surface area contributed by atoms with Crippen LogP contribution in [-0.2, 0) is 9.59 Å². The molecule has 2 N–H and O–H groups in total. The molecule has 0 radical (unpaired) electrons. The monoisotopic (exact) mass is 441 g/mol. The number of halogens is 3. The molecule has 0 aliphatic heterocycles. The van der Waals surface area contributed by atoms with Crippen LogP contribution in [0, 0.1) is 0 Å². The van der Waals surface area contributed by atoms with Gasteiger partial charge in [0.05, 0.1) is 24.8 Å². The average Bonchev–Trinajstić information content (AvgIpc) is 2.68. The first-order valence-corrected chi connectivity index (χ1v) is 9.60. The van der Waals surface area contributed by atoms with Gasteiger partial charge in [-0.3, -0.25) is 9.59 Å². The van der Waals surface area contributed by atoms with Gasteiger partial charge in [0.25, 0.3) is 0 Å². The summed E-state index contributed by atoms with van der Waals surface area (Å²) in [6, 6.07) is 11.8. The standard InChI is InChI=1S/C19H18F3N3O4S/c1-28-16-4-2-3-13(9-16)10-23-25-18(27)12-30-11-17(26)24-14-5-7-15(8-6-14)29-19(20,21)22/h2-10H,11-12H2,1H3,(H,24,26)(H,25,27). The third-order valence-corrected chi connectivity index (χ3v) is 4.27. The number of amides is 2. The number of methoxy groups -OCH3 is 1. The number of carbonyl (C=O) groups is 2. The van der Waals surface area contributed by atoms with E-state index in [1.165, 1.54) is 18.3 Å². The van der Waals surface area contributed by atoms with Gasteiger partial charge in [-0.15, -0.1) is 24.9 Å². The molecule has 2 amide bonds. The summed E-state index contributed by atoms with van der Waals surface area (Å²) < 4.78 is 45.2. The molecule has 0 aliphatic rings. The first-order valence-electron chi connectivity index (χ1n) is 8.44. The smallest absolute Gasteiger partial charge is 0.497 e. The lowest BCUT2D eigenvalue weighted by Crippen LogP contribution is -2.21. The quantitative estimate of drug-likeness (QED) is 0.460. The molecule has 30 heavy (non-hydrogen) atoms. The van der Waals surface area contributed by atoms with Crippen molar-refractivity contribution in [2.24, 2.45) is 5.10 Å². The minimum Gasteiger partial charge on any atom is -0.497 e. The van der Waals surface area contributed by atoms with Crippen LogP contribution in [0.2, 0.25) is 0 Å². The molecule has 0 aromatic heterocycles. The molecular weight excluding hydrogens is 423 g/mol. The van der Waals surface area contributed by atoms with Crippen molar-refractivity contribution in [3.63, 3.8) is 0 Å². The van der Waals surface area contributed by atoms with Crippen LogP contribution in [0.4, 0.5) is 18.9 Å². The van der Waals surface area contributed by atoms with Crippen LogP contribution in [0.5, 0.6) is 11.5 Å². The Kier molecular flexibility index (Phi) is 8.54. The van der Waals surface area contributed by atoms with Gasteiger partial charge >= 0.3 is 6.36 Å². The van der Waals surface area contributed by atoms with Crippen LogP contribution >= 0.6 is 11.8 Å². The molecule has 0 fully saturated rings. The number of ether oxygens (including phenoxy) is 2. The Bertz CT molecular complexity index is 889. The van der Waals surface area contributed by atoms with Crippen molar-refractivity contribution >= 4 is 35.5 Å². The maximum atomic E-state index is 12.1. The van der Waals surface area contributed by atoms with Crippen molar-refractivity contribution in [3.8, 4) is 11.5 Å². The summed E-state index contributed by atoms with van der Waals surface area (Å²) in [6.07, 6.45) is -3.32. The highest BCUT2D eigenvalue weighted by Gasteiger charge is 2.30. The Morgan fingerprint density at radius 1 is 1.07 bits per heavy atom. The highest BCUT2D eigenvalue weighted by molar-refractivity contribution is 8.00. The van der Waals surface area contributed by atoms with E-state index in [-0.39, 0.29) is 23.2 Å². The van der Waals surface area contributed by atoms with Crippen molar-refractivity contribution in [2.75, 3.05) is 23.9 Å². The zero-order chi connectivity index (χ0) is 22.0. The first kappa shape index (κ1) is 23.1. The van der Waals surface area contributed by atoms with Gasteiger partial charge in [0.2, 0.25) is 11.8 Å². The Labute approximate surface area is 174 Å². The molecule has 0 unspecified atom stereocenters. The normalized spacial score (nSPS) is 11.2. The van der Waals surface area contributed by atoms with Gasteiger partial charge < -0.3 is 14.8 Å². The second kappa shape index (κ2) is 11.1. The maximum Gasteiger partial charge on any atom is 0.573 e. The molecule has 7 nitrogen and oxygen atoms in total. The summed E-state index contributed by atoms with van der Waals surface area (Å²) in [7, 11) is 1.54. The number of benzene rings is 2. The fraction of sp³-hybridized carbons (Fsp3) is 0.211. The fourth-order valence-corrected chi connectivity index (χ4v) is 2.72. The van der Waals surface area contributed by atoms with E-state index in [9.17, 15) is 22.8 Å². The lowest BCUT2D eigenvalue weighted by molar-refractivity contribution is -0.274. The number of carbonyl (C=O) groups excluding carboxylic acids is 2. The van der Waals surface area contributed by atoms with E-state index in [2.05, 4.69) is 20.6 Å². The van der Waals surface area contributed by atoms with Crippen LogP contribution in [0.25, 0.3) is 0 Å². The molecule has 0 saturated carbocycles. The number of nitrogens with one attached hydrogen (secondary N) is 2. The van der Waals surface area contributed by atoms with Crippen LogP contribution < -0.4 is 20.2 Å². The van der Waals surface area contributed by atoms with Gasteiger partial charge in [0.15, 0.2) is 0 Å². The maximum absolute atomic E-state index is 12.1. The Hall–Kier alpha value is -3.21. The molecule has 2 aromatic rings. The number of rotatable bonds is 9. The zero-order valence-electron chi connectivity index (χ0n) is 15.7. The van der Waals surface area contributed by atoms with Crippen molar-refractivity contribution in [2.45, 2.75) is 6.36 Å². The van der Waals surface area contributed by atoms with E-state index < -0.39 is 12.3 Å². The third kappa shape index (κ3) is 8.86. The average molecular weight is 441 g/mol. The predicted molar refractivity (Wildman–Crippen MR) is 108 cm³/mol. The van der Waals surface area contributed by atoms with Crippen LogP contribution in [0.3, 0.4) is 0 Å². The summed E-state index contributed by atoms with van der Waals surface area (Å²) in [4.78, 5) is 23.6. The topological polar surface area (TPSA) is 89.0 Å². The summed E-state index contributed by atoms with van der Waals surface area (Å²) in [5.74, 6) is -0.539. The van der Waals surface area contributed by atoms with Crippen molar-refractivity contribution in [3.05, 3.63) is 54.1 Å². The molecule has 0 atom stereocenters. The van der Waals surface area contributed by atoms with Gasteiger partial charge in [0.1, 0.15) is 11.5 Å². The molecule has 11 heteroatoms. The number of hydrogen-bond donors (Lipinski definition) is 2. The number of nitrogens with zero attached hydrogens (tertiary/aromatic N) is 1. The molecule has 0 bridgehead atoms. The molecule has 0 saturated heterocycles. The van der Waals surface area contributed by atoms with E-state index in [4.69, 9.17) is 4.74 Å². The van der Waals surface area contributed by atoms with E-state index in [1.54, 1.807) is 31.4 Å². The summed E-state index contributed by atoms with van der Waals surface area (Å²) >= 11 is 1.06.